The van der Waals surface area contributed by atoms with Gasteiger partial charge in [0.25, 0.3) is 11.5 Å². The smallest absolute Gasteiger partial charge is 0.275 e. The van der Waals surface area contributed by atoms with E-state index in [-0.39, 0.29) is 17.5 Å². The van der Waals surface area contributed by atoms with Gasteiger partial charge in [0, 0.05) is 68.3 Å². The maximum Gasteiger partial charge on any atom is 0.275 e. The monoisotopic (exact) mass is 449 g/mol. The molecule has 2 fully saturated rings. The van der Waals surface area contributed by atoms with Crippen LogP contribution >= 0.6 is 0 Å². The van der Waals surface area contributed by atoms with Crippen LogP contribution in [0.25, 0.3) is 21.8 Å². The lowest BCUT2D eigenvalue weighted by molar-refractivity contribution is 0.0950. The normalized spacial score (nSPS) is 18.5. The topological polar surface area (TPSA) is 62.5 Å². The van der Waals surface area contributed by atoms with Crippen molar-refractivity contribution in [2.45, 2.75) is 38.1 Å². The zero-order valence-corrected chi connectivity index (χ0v) is 19.8. The second-order valence-electron chi connectivity index (χ2n) is 9.75. The van der Waals surface area contributed by atoms with Crippen LogP contribution in [0.4, 0.5) is 0 Å². The van der Waals surface area contributed by atoms with Crippen molar-refractivity contribution in [2.75, 3.05) is 46.3 Å². The van der Waals surface area contributed by atoms with Crippen molar-refractivity contribution >= 4 is 27.7 Å². The Morgan fingerprint density at radius 2 is 1.79 bits per heavy atom. The maximum absolute atomic E-state index is 13.5. The molecular formula is C26H35N5O2. The number of carbonyl (C=O) groups excluding carboxylic acids is 1. The van der Waals surface area contributed by atoms with Crippen molar-refractivity contribution in [3.63, 3.8) is 0 Å². The van der Waals surface area contributed by atoms with E-state index in [0.29, 0.717) is 17.6 Å². The number of hydrogen-bond acceptors (Lipinski definition) is 4. The average molecular weight is 450 g/mol. The number of piperazine rings is 1. The number of carbonyl (C=O) groups is 1. The largest absolute Gasteiger partial charge is 0.352 e. The highest BCUT2D eigenvalue weighted by Gasteiger charge is 2.25. The summed E-state index contributed by atoms with van der Waals surface area (Å²) in [6, 6.07) is 8.17. The summed E-state index contributed by atoms with van der Waals surface area (Å²) in [5.74, 6) is -0.0820. The first-order valence-electron chi connectivity index (χ1n) is 12.4. The highest BCUT2D eigenvalue weighted by molar-refractivity contribution is 6.17. The van der Waals surface area contributed by atoms with Crippen molar-refractivity contribution in [3.05, 3.63) is 46.4 Å². The minimum Gasteiger partial charge on any atom is -0.352 e. The molecule has 0 atom stereocenters. The van der Waals surface area contributed by atoms with Crippen molar-refractivity contribution < 1.29 is 4.79 Å². The fraction of sp³-hybridized carbons (Fsp3) is 0.538. The van der Waals surface area contributed by atoms with Crippen molar-refractivity contribution in [2.24, 2.45) is 7.05 Å². The summed E-state index contributed by atoms with van der Waals surface area (Å²) in [7, 11) is 4.10. The number of rotatable bonds is 6. The van der Waals surface area contributed by atoms with E-state index in [1.807, 2.05) is 46.6 Å². The summed E-state index contributed by atoms with van der Waals surface area (Å²) in [4.78, 5) is 31.8. The Labute approximate surface area is 194 Å². The third-order valence-corrected chi connectivity index (χ3v) is 7.58. The van der Waals surface area contributed by atoms with Crippen LogP contribution in [0.3, 0.4) is 0 Å². The molecule has 1 amide bonds. The van der Waals surface area contributed by atoms with Gasteiger partial charge in [-0.2, -0.15) is 0 Å². The second-order valence-corrected chi connectivity index (χ2v) is 9.75. The summed E-state index contributed by atoms with van der Waals surface area (Å²) in [5, 5.41) is 4.90. The predicted octanol–water partition coefficient (Wildman–Crippen LogP) is 2.98. The Hall–Kier alpha value is -2.64. The highest BCUT2D eigenvalue weighted by Crippen LogP contribution is 2.33. The average Bonchev–Trinajstić information content (AvgIpc) is 3.46. The molecule has 1 aromatic carbocycles. The van der Waals surface area contributed by atoms with Crippen LogP contribution in [0.2, 0.25) is 0 Å². The minimum absolute atomic E-state index is 0.0159. The molecule has 7 nitrogen and oxygen atoms in total. The Balaban J connectivity index is 1.43. The Morgan fingerprint density at radius 3 is 2.55 bits per heavy atom. The molecule has 0 spiro atoms. The maximum atomic E-state index is 13.5. The van der Waals surface area contributed by atoms with Crippen LogP contribution < -0.4 is 10.9 Å². The number of aromatic nitrogens is 2. The Kier molecular flexibility index (Phi) is 6.25. The molecule has 5 rings (SSSR count). The molecule has 33 heavy (non-hydrogen) atoms. The molecule has 1 aliphatic carbocycles. The molecule has 7 heteroatoms. The third kappa shape index (κ3) is 4.20. The lowest BCUT2D eigenvalue weighted by Crippen LogP contribution is -2.45. The summed E-state index contributed by atoms with van der Waals surface area (Å²) in [6.45, 7) is 6.03. The molecule has 3 heterocycles. The van der Waals surface area contributed by atoms with Crippen LogP contribution in [-0.2, 0) is 7.05 Å². The third-order valence-electron chi connectivity index (χ3n) is 7.58. The zero-order valence-electron chi connectivity index (χ0n) is 19.8. The number of aryl methyl sites for hydroxylation is 1. The SMILES string of the molecule is CN1CCN(CCCNC(=O)c2cn(C3CCCC3)c(=O)c3c2c2ccccc2n3C)CC1. The number of pyridine rings is 1. The molecule has 0 bridgehead atoms. The van der Waals surface area contributed by atoms with E-state index in [0.717, 1.165) is 81.1 Å². The molecule has 0 unspecified atom stereocenters. The number of benzene rings is 1. The quantitative estimate of drug-likeness (QED) is 0.588. The van der Waals surface area contributed by atoms with E-state index in [1.54, 1.807) is 0 Å². The first-order chi connectivity index (χ1) is 16.0. The summed E-state index contributed by atoms with van der Waals surface area (Å²) in [5.41, 5.74) is 2.25. The van der Waals surface area contributed by atoms with E-state index in [4.69, 9.17) is 0 Å². The van der Waals surface area contributed by atoms with Crippen LogP contribution in [0.5, 0.6) is 0 Å². The van der Waals surface area contributed by atoms with Gasteiger partial charge in [0.05, 0.1) is 5.56 Å². The van der Waals surface area contributed by atoms with Crippen LogP contribution in [0.15, 0.2) is 35.3 Å². The van der Waals surface area contributed by atoms with Gasteiger partial charge in [-0.05, 0) is 38.9 Å². The molecule has 2 aromatic heterocycles. The zero-order chi connectivity index (χ0) is 22.9. The molecule has 0 radical (unpaired) electrons. The Bertz CT molecular complexity index is 1210. The van der Waals surface area contributed by atoms with Gasteiger partial charge < -0.3 is 24.3 Å². The van der Waals surface area contributed by atoms with Crippen LogP contribution in [0, 0.1) is 0 Å². The van der Waals surface area contributed by atoms with E-state index in [9.17, 15) is 9.59 Å². The number of likely N-dealkylation sites (N-methyl/N-ethyl adjacent to an activating group) is 1. The molecule has 2 aliphatic rings. The van der Waals surface area contributed by atoms with Gasteiger partial charge in [-0.3, -0.25) is 9.59 Å². The fourth-order valence-corrected chi connectivity index (χ4v) is 5.60. The lowest BCUT2D eigenvalue weighted by Gasteiger charge is -2.32. The van der Waals surface area contributed by atoms with Gasteiger partial charge in [0.2, 0.25) is 0 Å². The van der Waals surface area contributed by atoms with Gasteiger partial charge in [0.15, 0.2) is 0 Å². The number of nitrogens with one attached hydrogen (secondary N) is 1. The molecule has 3 aromatic rings. The van der Waals surface area contributed by atoms with Crippen LogP contribution in [-0.4, -0.2) is 71.2 Å². The standard InChI is InChI=1S/C26H35N5O2/c1-28-14-16-30(17-15-28)13-7-12-27-25(32)21-18-31(19-8-3-4-9-19)26(33)24-23(21)20-10-5-6-11-22(20)29(24)2/h5-6,10-11,18-19H,3-4,7-9,12-17H2,1-2H3,(H,27,32). The fourth-order valence-electron chi connectivity index (χ4n) is 5.60. The Morgan fingerprint density at radius 1 is 1.06 bits per heavy atom. The molecule has 1 N–H and O–H groups in total. The van der Waals surface area contributed by atoms with Gasteiger partial charge in [-0.25, -0.2) is 0 Å². The van der Waals surface area contributed by atoms with Crippen molar-refractivity contribution in [3.8, 4) is 0 Å². The van der Waals surface area contributed by atoms with Gasteiger partial charge in [0.1, 0.15) is 5.52 Å². The molecule has 1 saturated carbocycles. The number of fused-ring (bicyclic) bond motifs is 3. The minimum atomic E-state index is -0.0820. The van der Waals surface area contributed by atoms with Crippen molar-refractivity contribution in [1.82, 2.24) is 24.3 Å². The van der Waals surface area contributed by atoms with Gasteiger partial charge >= 0.3 is 0 Å². The van der Waals surface area contributed by atoms with E-state index in [1.165, 1.54) is 0 Å². The molecule has 1 aliphatic heterocycles. The first-order valence-corrected chi connectivity index (χ1v) is 12.4. The first kappa shape index (κ1) is 22.2. The highest BCUT2D eigenvalue weighted by atomic mass is 16.2. The van der Waals surface area contributed by atoms with Gasteiger partial charge in [-0.1, -0.05) is 31.0 Å². The summed E-state index contributed by atoms with van der Waals surface area (Å²) in [6.07, 6.45) is 7.04. The van der Waals surface area contributed by atoms with E-state index in [2.05, 4.69) is 22.2 Å². The molecule has 176 valence electrons. The molecular weight excluding hydrogens is 414 g/mol. The summed E-state index contributed by atoms with van der Waals surface area (Å²) < 4.78 is 3.80. The number of amides is 1. The lowest BCUT2D eigenvalue weighted by atomic mass is 10.1. The summed E-state index contributed by atoms with van der Waals surface area (Å²) >= 11 is 0. The number of nitrogens with zero attached hydrogens (tertiary/aromatic N) is 4. The number of hydrogen-bond donors (Lipinski definition) is 1. The van der Waals surface area contributed by atoms with Gasteiger partial charge in [-0.15, -0.1) is 0 Å². The van der Waals surface area contributed by atoms with Crippen molar-refractivity contribution in [1.29, 1.82) is 0 Å². The van der Waals surface area contributed by atoms with E-state index < -0.39 is 0 Å². The van der Waals surface area contributed by atoms with E-state index >= 15 is 0 Å². The molecule has 1 saturated heterocycles. The predicted molar refractivity (Wildman–Crippen MR) is 133 cm³/mol. The number of para-hydroxylation sites is 1. The van der Waals surface area contributed by atoms with Crippen LogP contribution in [0.1, 0.15) is 48.5 Å². The second kappa shape index (κ2) is 9.31.